The molecular formula is C9H15NaO5S. The fourth-order valence-electron chi connectivity index (χ4n) is 0.846. The molecule has 0 fully saturated rings. The first kappa shape index (κ1) is 18.5. The van der Waals surface area contributed by atoms with Crippen LogP contribution in [0.3, 0.4) is 0 Å². The quantitative estimate of drug-likeness (QED) is 0.170. The molecule has 0 heterocycles. The molecule has 0 saturated heterocycles. The summed E-state index contributed by atoms with van der Waals surface area (Å²) in [5.74, 6) is -0.812. The molecule has 88 valence electrons. The summed E-state index contributed by atoms with van der Waals surface area (Å²) in [4.78, 5) is 10.9. The molecule has 16 heavy (non-hydrogen) atoms. The summed E-state index contributed by atoms with van der Waals surface area (Å²) in [6, 6.07) is 0. The molecule has 0 aromatic heterocycles. The van der Waals surface area contributed by atoms with E-state index in [0.717, 1.165) is 0 Å². The van der Waals surface area contributed by atoms with Crippen molar-refractivity contribution in [2.24, 2.45) is 0 Å². The molecule has 0 aromatic carbocycles. The number of esters is 1. The zero-order valence-corrected chi connectivity index (χ0v) is 12.5. The first-order valence-electron chi connectivity index (χ1n) is 4.59. The molecule has 0 radical (unpaired) electrons. The minimum absolute atomic E-state index is 0. The van der Waals surface area contributed by atoms with Crippen LogP contribution < -0.4 is 29.6 Å². The molecule has 0 atom stereocenters. The van der Waals surface area contributed by atoms with E-state index >= 15 is 0 Å². The van der Waals surface area contributed by atoms with Gasteiger partial charge in [0.25, 0.3) is 0 Å². The van der Waals surface area contributed by atoms with Crippen molar-refractivity contribution in [3.8, 4) is 0 Å². The molecule has 0 aromatic rings. The van der Waals surface area contributed by atoms with E-state index in [-0.39, 0.29) is 41.9 Å². The molecule has 7 heteroatoms. The van der Waals surface area contributed by atoms with E-state index in [4.69, 9.17) is 4.74 Å². The molecule has 0 aliphatic heterocycles. The van der Waals surface area contributed by atoms with Crippen LogP contribution in [0, 0.1) is 0 Å². The first-order chi connectivity index (χ1) is 6.83. The topological polar surface area (TPSA) is 83.5 Å². The molecule has 0 rings (SSSR count). The van der Waals surface area contributed by atoms with Crippen molar-refractivity contribution in [1.82, 2.24) is 0 Å². The second-order valence-corrected chi connectivity index (χ2v) is 4.76. The van der Waals surface area contributed by atoms with Gasteiger partial charge in [0.05, 0.1) is 16.7 Å². The molecule has 0 spiro atoms. The van der Waals surface area contributed by atoms with Gasteiger partial charge in [-0.25, -0.2) is 13.2 Å². The molecule has 0 amide bonds. The van der Waals surface area contributed by atoms with E-state index in [1.54, 1.807) is 6.92 Å². The van der Waals surface area contributed by atoms with Crippen molar-refractivity contribution in [2.45, 2.75) is 26.2 Å². The third-order valence-corrected chi connectivity index (χ3v) is 2.41. The van der Waals surface area contributed by atoms with Gasteiger partial charge in [0.2, 0.25) is 0 Å². The maximum Gasteiger partial charge on any atom is 1.00 e. The number of unbranched alkanes of at least 4 members (excludes halogenated alkanes) is 2. The van der Waals surface area contributed by atoms with Gasteiger partial charge in [-0.15, -0.1) is 0 Å². The fourth-order valence-corrected chi connectivity index (χ4v) is 1.40. The van der Waals surface area contributed by atoms with E-state index in [2.05, 4.69) is 6.58 Å². The van der Waals surface area contributed by atoms with E-state index in [9.17, 15) is 17.8 Å². The molecule has 0 aliphatic carbocycles. The van der Waals surface area contributed by atoms with Crippen LogP contribution in [-0.2, 0) is 19.6 Å². The zero-order valence-electron chi connectivity index (χ0n) is 9.69. The van der Waals surface area contributed by atoms with E-state index in [1.165, 1.54) is 0 Å². The summed E-state index contributed by atoms with van der Waals surface area (Å²) in [5, 5.41) is 0. The standard InChI is InChI=1S/C9H16O5S.Na/c1-8(2)9(10)14-6-4-3-5-7-15(11,12)13;/h1,3-7H2,2H3,(H,11,12,13);/q;+1/p-1. The second-order valence-electron chi connectivity index (χ2n) is 3.24. The normalized spacial score (nSPS) is 10.4. The number of hydrogen-bond acceptors (Lipinski definition) is 5. The maximum absolute atomic E-state index is 10.9. The van der Waals surface area contributed by atoms with Crippen molar-refractivity contribution >= 4 is 16.1 Å². The van der Waals surface area contributed by atoms with Gasteiger partial charge in [0.15, 0.2) is 0 Å². The van der Waals surface area contributed by atoms with Gasteiger partial charge in [-0.3, -0.25) is 0 Å². The van der Waals surface area contributed by atoms with E-state index < -0.39 is 16.1 Å². The van der Waals surface area contributed by atoms with Crippen molar-refractivity contribution < 1.29 is 52.1 Å². The van der Waals surface area contributed by atoms with Gasteiger partial charge >= 0.3 is 35.5 Å². The first-order valence-corrected chi connectivity index (χ1v) is 6.17. The van der Waals surface area contributed by atoms with Crippen LogP contribution in [0.15, 0.2) is 12.2 Å². The van der Waals surface area contributed by atoms with Crippen LogP contribution in [0.4, 0.5) is 0 Å². The summed E-state index contributed by atoms with van der Waals surface area (Å²) in [5.41, 5.74) is 0.331. The SMILES string of the molecule is C=C(C)C(=O)OCCCCCS(=O)(=O)[O-].[Na+]. The summed E-state index contributed by atoms with van der Waals surface area (Å²) in [6.07, 6.45) is 1.40. The van der Waals surface area contributed by atoms with Gasteiger partial charge in [-0.1, -0.05) is 6.58 Å². The number of rotatable bonds is 7. The Hall–Kier alpha value is 0.120. The largest absolute Gasteiger partial charge is 1.00 e. The Labute approximate surface area is 118 Å². The summed E-state index contributed by atoms with van der Waals surface area (Å²) >= 11 is 0. The minimum Gasteiger partial charge on any atom is -0.748 e. The predicted octanol–water partition coefficient (Wildman–Crippen LogP) is -2.17. The van der Waals surface area contributed by atoms with Crippen LogP contribution >= 0.6 is 0 Å². The van der Waals surface area contributed by atoms with Crippen molar-refractivity contribution in [2.75, 3.05) is 12.4 Å². The van der Waals surface area contributed by atoms with Crippen molar-refractivity contribution in [3.05, 3.63) is 12.2 Å². The van der Waals surface area contributed by atoms with E-state index in [1.807, 2.05) is 0 Å². The Morgan fingerprint density at radius 3 is 2.31 bits per heavy atom. The Morgan fingerprint density at radius 2 is 1.88 bits per heavy atom. The summed E-state index contributed by atoms with van der Waals surface area (Å²) in [7, 11) is -4.11. The van der Waals surface area contributed by atoms with Crippen LogP contribution in [0.1, 0.15) is 26.2 Å². The van der Waals surface area contributed by atoms with Gasteiger partial charge in [-0.2, -0.15) is 0 Å². The van der Waals surface area contributed by atoms with Gasteiger partial charge in [0.1, 0.15) is 0 Å². The Bertz CT molecular complexity index is 323. The van der Waals surface area contributed by atoms with Gasteiger partial charge in [0, 0.05) is 11.3 Å². The molecule has 5 nitrogen and oxygen atoms in total. The molecular weight excluding hydrogens is 243 g/mol. The molecule has 0 unspecified atom stereocenters. The summed E-state index contributed by atoms with van der Waals surface area (Å²) in [6.45, 7) is 5.18. The predicted molar refractivity (Wildman–Crippen MR) is 54.2 cm³/mol. The molecule has 0 bridgehead atoms. The van der Waals surface area contributed by atoms with Gasteiger partial charge < -0.3 is 9.29 Å². The number of ether oxygens (including phenoxy) is 1. The van der Waals surface area contributed by atoms with E-state index in [0.29, 0.717) is 24.8 Å². The van der Waals surface area contributed by atoms with Crippen LogP contribution in [0.2, 0.25) is 0 Å². The third-order valence-electron chi connectivity index (χ3n) is 1.62. The molecule has 0 saturated carbocycles. The van der Waals surface area contributed by atoms with Crippen molar-refractivity contribution in [1.29, 1.82) is 0 Å². The Morgan fingerprint density at radius 1 is 1.31 bits per heavy atom. The summed E-state index contributed by atoms with van der Waals surface area (Å²) < 4.78 is 35.4. The smallest absolute Gasteiger partial charge is 0.748 e. The molecule has 0 N–H and O–H groups in total. The second kappa shape index (κ2) is 9.18. The van der Waals surface area contributed by atoms with Crippen LogP contribution in [0.25, 0.3) is 0 Å². The van der Waals surface area contributed by atoms with Crippen LogP contribution in [-0.4, -0.2) is 31.3 Å². The Kier molecular flexibility index (Phi) is 10.6. The van der Waals surface area contributed by atoms with Crippen molar-refractivity contribution in [3.63, 3.8) is 0 Å². The monoisotopic (exact) mass is 258 g/mol. The minimum atomic E-state index is -4.11. The molecule has 0 aliphatic rings. The average molecular weight is 258 g/mol. The number of carbonyl (C=O) groups is 1. The zero-order chi connectivity index (χ0) is 11.9. The van der Waals surface area contributed by atoms with Crippen LogP contribution in [0.5, 0.6) is 0 Å². The Balaban J connectivity index is 0. The maximum atomic E-state index is 10.9. The average Bonchev–Trinajstić information content (AvgIpc) is 2.08. The third kappa shape index (κ3) is 12.2. The van der Waals surface area contributed by atoms with Gasteiger partial charge in [-0.05, 0) is 26.2 Å². The number of hydrogen-bond donors (Lipinski definition) is 0. The fraction of sp³-hybridized carbons (Fsp3) is 0.667. The number of carbonyl (C=O) groups excluding carboxylic acids is 1.